The molecule has 0 aliphatic carbocycles. The summed E-state index contributed by atoms with van der Waals surface area (Å²) in [6, 6.07) is 1.53. The van der Waals surface area contributed by atoms with Crippen LogP contribution in [-0.2, 0) is 16.6 Å². The zero-order valence-corrected chi connectivity index (χ0v) is 13.3. The van der Waals surface area contributed by atoms with Crippen molar-refractivity contribution < 1.29 is 13.5 Å². The lowest BCUT2D eigenvalue weighted by Gasteiger charge is -2.30. The van der Waals surface area contributed by atoms with E-state index in [4.69, 9.17) is 5.11 Å². The Hall–Kier alpha value is -0.470. The van der Waals surface area contributed by atoms with Crippen molar-refractivity contribution >= 4 is 21.4 Å². The van der Waals surface area contributed by atoms with Crippen molar-refractivity contribution in [3.63, 3.8) is 0 Å². The zero-order valence-electron chi connectivity index (χ0n) is 11.7. The molecule has 1 aliphatic rings. The Morgan fingerprint density at radius 2 is 2.15 bits per heavy atom. The van der Waals surface area contributed by atoms with Gasteiger partial charge in [-0.25, -0.2) is 13.1 Å². The van der Waals surface area contributed by atoms with Crippen LogP contribution in [-0.4, -0.2) is 44.6 Å². The third-order valence-electron chi connectivity index (χ3n) is 3.79. The monoisotopic (exact) mass is 318 g/mol. The number of piperidine rings is 1. The molecule has 0 aromatic carbocycles. The summed E-state index contributed by atoms with van der Waals surface area (Å²) in [5.74, 6) is 0.421. The molecule has 0 amide bonds. The number of nitrogens with one attached hydrogen (secondary N) is 1. The van der Waals surface area contributed by atoms with Crippen LogP contribution in [0.25, 0.3) is 0 Å². The molecule has 0 spiro atoms. The molecule has 7 heteroatoms. The van der Waals surface area contributed by atoms with E-state index in [-0.39, 0.29) is 10.8 Å². The predicted octanol–water partition coefficient (Wildman–Crippen LogP) is 1.25. The van der Waals surface area contributed by atoms with Gasteiger partial charge in [-0.15, -0.1) is 11.3 Å². The Morgan fingerprint density at radius 1 is 1.45 bits per heavy atom. The summed E-state index contributed by atoms with van der Waals surface area (Å²) < 4.78 is 27.2. The molecule has 2 heterocycles. The number of thiophene rings is 1. The lowest BCUT2D eigenvalue weighted by atomic mass is 9.97. The molecule has 20 heavy (non-hydrogen) atoms. The van der Waals surface area contributed by atoms with Gasteiger partial charge in [-0.3, -0.25) is 0 Å². The molecule has 0 atom stereocenters. The first-order valence-electron chi connectivity index (χ1n) is 6.95. The Morgan fingerprint density at radius 3 is 2.70 bits per heavy atom. The lowest BCUT2D eigenvalue weighted by Crippen LogP contribution is -2.38. The molecule has 1 fully saturated rings. The van der Waals surface area contributed by atoms with Crippen molar-refractivity contribution in [2.45, 2.75) is 30.6 Å². The van der Waals surface area contributed by atoms with Gasteiger partial charge in [-0.05, 0) is 55.4 Å². The molecule has 0 bridgehead atoms. The second-order valence-electron chi connectivity index (χ2n) is 5.16. The van der Waals surface area contributed by atoms with Gasteiger partial charge in [0.25, 0.3) is 0 Å². The third kappa shape index (κ3) is 4.02. The van der Waals surface area contributed by atoms with Crippen molar-refractivity contribution in [1.82, 2.24) is 9.62 Å². The highest BCUT2D eigenvalue weighted by molar-refractivity contribution is 7.91. The maximum absolute atomic E-state index is 12.1. The second kappa shape index (κ2) is 7.00. The van der Waals surface area contributed by atoms with Crippen LogP contribution < -0.4 is 4.72 Å². The van der Waals surface area contributed by atoms with Crippen LogP contribution in [0.5, 0.6) is 0 Å². The summed E-state index contributed by atoms with van der Waals surface area (Å²) in [5.41, 5.74) is 0.645. The summed E-state index contributed by atoms with van der Waals surface area (Å²) in [4.78, 5) is 2.39. The van der Waals surface area contributed by atoms with Gasteiger partial charge in [0.2, 0.25) is 10.0 Å². The van der Waals surface area contributed by atoms with Crippen LogP contribution in [0.4, 0.5) is 0 Å². The van der Waals surface area contributed by atoms with Crippen LogP contribution in [0.3, 0.4) is 0 Å². The molecule has 0 radical (unpaired) electrons. The van der Waals surface area contributed by atoms with Gasteiger partial charge in [-0.2, -0.15) is 0 Å². The van der Waals surface area contributed by atoms with Gasteiger partial charge in [0.15, 0.2) is 0 Å². The highest BCUT2D eigenvalue weighted by Gasteiger charge is 2.22. The minimum absolute atomic E-state index is 0.124. The summed E-state index contributed by atoms with van der Waals surface area (Å²) in [5, 5.41) is 10.7. The summed E-state index contributed by atoms with van der Waals surface area (Å²) in [6.45, 7) is 5.71. The molecule has 114 valence electrons. The van der Waals surface area contributed by atoms with E-state index in [2.05, 4.69) is 16.5 Å². The number of hydrogen-bond acceptors (Lipinski definition) is 5. The van der Waals surface area contributed by atoms with E-state index in [9.17, 15) is 8.42 Å². The first kappa shape index (κ1) is 15.9. The van der Waals surface area contributed by atoms with Crippen molar-refractivity contribution in [3.8, 4) is 0 Å². The van der Waals surface area contributed by atoms with Gasteiger partial charge >= 0.3 is 0 Å². The fourth-order valence-corrected chi connectivity index (χ4v) is 4.74. The van der Waals surface area contributed by atoms with Gasteiger partial charge in [0.05, 0.1) is 6.61 Å². The predicted molar refractivity (Wildman–Crippen MR) is 80.3 cm³/mol. The van der Waals surface area contributed by atoms with E-state index < -0.39 is 10.0 Å². The molecule has 2 N–H and O–H groups in total. The molecule has 1 aromatic rings. The molecule has 0 saturated carbocycles. The Kier molecular flexibility index (Phi) is 5.57. The number of aliphatic hydroxyl groups excluding tert-OH is 1. The van der Waals surface area contributed by atoms with Gasteiger partial charge in [0.1, 0.15) is 4.21 Å². The van der Waals surface area contributed by atoms with E-state index >= 15 is 0 Å². The fraction of sp³-hybridized carbons (Fsp3) is 0.692. The van der Waals surface area contributed by atoms with Crippen molar-refractivity contribution in [2.75, 3.05) is 26.2 Å². The SMILES string of the molecule is CCN1CCC(CNS(=O)(=O)c2cc(CO)cs2)CC1. The van der Waals surface area contributed by atoms with Crippen LogP contribution in [0.1, 0.15) is 25.3 Å². The van der Waals surface area contributed by atoms with Crippen molar-refractivity contribution in [2.24, 2.45) is 5.92 Å². The Balaban J connectivity index is 1.87. The topological polar surface area (TPSA) is 69.6 Å². The number of nitrogens with zero attached hydrogens (tertiary/aromatic N) is 1. The third-order valence-corrected chi connectivity index (χ3v) is 6.71. The fourth-order valence-electron chi connectivity index (χ4n) is 2.38. The second-order valence-corrected chi connectivity index (χ2v) is 8.07. The largest absolute Gasteiger partial charge is 0.392 e. The van der Waals surface area contributed by atoms with Gasteiger partial charge in [0, 0.05) is 6.54 Å². The molecule has 2 rings (SSSR count). The molecule has 5 nitrogen and oxygen atoms in total. The quantitative estimate of drug-likeness (QED) is 0.828. The number of hydrogen-bond donors (Lipinski definition) is 2. The van der Waals surface area contributed by atoms with Crippen molar-refractivity contribution in [1.29, 1.82) is 0 Å². The minimum atomic E-state index is -3.42. The molecule has 1 aromatic heterocycles. The smallest absolute Gasteiger partial charge is 0.250 e. The molecular weight excluding hydrogens is 296 g/mol. The van der Waals surface area contributed by atoms with Crippen LogP contribution in [0, 0.1) is 5.92 Å². The molecular formula is C13H22N2O3S2. The first-order chi connectivity index (χ1) is 9.55. The van der Waals surface area contributed by atoms with Crippen molar-refractivity contribution in [3.05, 3.63) is 17.0 Å². The average molecular weight is 318 g/mol. The average Bonchev–Trinajstić information content (AvgIpc) is 2.95. The molecule has 1 aliphatic heterocycles. The van der Waals surface area contributed by atoms with Crippen LogP contribution in [0.15, 0.2) is 15.7 Å². The maximum atomic E-state index is 12.1. The summed E-state index contributed by atoms with van der Waals surface area (Å²) >= 11 is 1.15. The number of aliphatic hydroxyl groups is 1. The van der Waals surface area contributed by atoms with Crippen LogP contribution in [0.2, 0.25) is 0 Å². The molecule has 0 unspecified atom stereocenters. The highest BCUT2D eigenvalue weighted by atomic mass is 32.2. The highest BCUT2D eigenvalue weighted by Crippen LogP contribution is 2.21. The molecule has 1 saturated heterocycles. The Labute approximate surface area is 124 Å². The minimum Gasteiger partial charge on any atom is -0.392 e. The van der Waals surface area contributed by atoms with E-state index in [1.54, 1.807) is 5.38 Å². The van der Waals surface area contributed by atoms with Crippen LogP contribution >= 0.6 is 11.3 Å². The Bertz CT molecular complexity index is 519. The lowest BCUT2D eigenvalue weighted by molar-refractivity contribution is 0.194. The van der Waals surface area contributed by atoms with Gasteiger partial charge < -0.3 is 10.0 Å². The number of sulfonamides is 1. The van der Waals surface area contributed by atoms with E-state index in [0.29, 0.717) is 18.0 Å². The number of likely N-dealkylation sites (tertiary alicyclic amines) is 1. The summed E-state index contributed by atoms with van der Waals surface area (Å²) in [7, 11) is -3.42. The van der Waals surface area contributed by atoms with E-state index in [0.717, 1.165) is 43.8 Å². The first-order valence-corrected chi connectivity index (χ1v) is 9.31. The zero-order chi connectivity index (χ0) is 14.6. The normalized spacial score (nSPS) is 18.5. The maximum Gasteiger partial charge on any atom is 0.250 e. The summed E-state index contributed by atoms with van der Waals surface area (Å²) in [6.07, 6.45) is 2.09. The van der Waals surface area contributed by atoms with E-state index in [1.165, 1.54) is 6.07 Å². The number of rotatable bonds is 6. The standard InChI is InChI=1S/C13H22N2O3S2/c1-2-15-5-3-11(4-6-15)8-14-20(17,18)13-7-12(9-16)10-19-13/h7,10-11,14,16H,2-6,8-9H2,1H3. The van der Waals surface area contributed by atoms with Gasteiger partial charge in [-0.1, -0.05) is 6.92 Å². The van der Waals surface area contributed by atoms with E-state index in [1.807, 2.05) is 0 Å².